The Balaban J connectivity index is 1.66. The van der Waals surface area contributed by atoms with Gasteiger partial charge in [0.25, 0.3) is 0 Å². The molecule has 1 aromatic heterocycles. The van der Waals surface area contributed by atoms with E-state index in [1.54, 1.807) is 9.80 Å². The van der Waals surface area contributed by atoms with Gasteiger partial charge in [-0.15, -0.1) is 0 Å². The fourth-order valence-corrected chi connectivity index (χ4v) is 4.98. The summed E-state index contributed by atoms with van der Waals surface area (Å²) < 4.78 is 0. The quantitative estimate of drug-likeness (QED) is 0.682. The number of nitrogens with zero attached hydrogens (tertiary/aromatic N) is 2. The number of rotatable bonds is 4. The lowest BCUT2D eigenvalue weighted by Crippen LogP contribution is -2.63. The van der Waals surface area contributed by atoms with E-state index in [1.165, 1.54) is 0 Å². The Hall–Kier alpha value is -2.79. The summed E-state index contributed by atoms with van der Waals surface area (Å²) in [6.07, 6.45) is 2.44. The summed E-state index contributed by atoms with van der Waals surface area (Å²) in [5.74, 6) is 0.0536. The Kier molecular flexibility index (Phi) is 4.78. The van der Waals surface area contributed by atoms with Gasteiger partial charge in [-0.2, -0.15) is 0 Å². The van der Waals surface area contributed by atoms with Gasteiger partial charge in [0.05, 0.1) is 12.6 Å². The van der Waals surface area contributed by atoms with Crippen LogP contribution in [0, 0.1) is 0 Å². The third kappa shape index (κ3) is 3.00. The van der Waals surface area contributed by atoms with Crippen LogP contribution in [0.25, 0.3) is 10.9 Å². The lowest BCUT2D eigenvalue weighted by molar-refractivity contribution is -0.158. The monoisotopic (exact) mass is 421 g/mol. The van der Waals surface area contributed by atoms with Crippen molar-refractivity contribution in [2.45, 2.75) is 38.3 Å². The lowest BCUT2D eigenvalue weighted by Gasteiger charge is -2.47. The number of hydrogen-bond acceptors (Lipinski definition) is 2. The molecule has 0 bridgehead atoms. The number of hydrogen-bond donors (Lipinski definition) is 1. The predicted molar refractivity (Wildman–Crippen MR) is 117 cm³/mol. The topological polar surface area (TPSA) is 56.4 Å². The number of nitrogens with one attached hydrogen (secondary N) is 1. The van der Waals surface area contributed by atoms with E-state index in [4.69, 9.17) is 11.6 Å². The van der Waals surface area contributed by atoms with Gasteiger partial charge in [-0.05, 0) is 35.7 Å². The van der Waals surface area contributed by atoms with Crippen molar-refractivity contribution in [3.05, 3.63) is 70.4 Å². The standard InChI is InChI=1S/C24H24ClN3O2/c1-2-3-12-27-14-21(29)28-20(24(27)30)13-18-17-6-4-5-7-19(17)26-22(18)23(28)15-8-10-16(25)11-9-15/h4-11,20,23,26H,2-3,12-14H2,1H3/t20-,23?/m1/s1. The van der Waals surface area contributed by atoms with E-state index in [2.05, 4.69) is 18.0 Å². The molecule has 2 aromatic carbocycles. The van der Waals surface area contributed by atoms with E-state index in [-0.39, 0.29) is 24.4 Å². The molecule has 1 saturated heterocycles. The van der Waals surface area contributed by atoms with Gasteiger partial charge in [-0.1, -0.05) is 55.3 Å². The first-order valence-electron chi connectivity index (χ1n) is 10.5. The van der Waals surface area contributed by atoms with Gasteiger partial charge in [-0.25, -0.2) is 0 Å². The summed E-state index contributed by atoms with van der Waals surface area (Å²) in [6, 6.07) is 14.9. The highest BCUT2D eigenvalue weighted by molar-refractivity contribution is 6.30. The molecule has 1 fully saturated rings. The number of carbonyl (C=O) groups excluding carboxylic acids is 2. The zero-order valence-electron chi connectivity index (χ0n) is 16.9. The second-order valence-corrected chi connectivity index (χ2v) is 8.59. The number of unbranched alkanes of at least 4 members (excludes halogenated alkanes) is 1. The highest BCUT2D eigenvalue weighted by Crippen LogP contribution is 2.42. The van der Waals surface area contributed by atoms with Crippen molar-refractivity contribution >= 4 is 34.3 Å². The van der Waals surface area contributed by atoms with Crippen molar-refractivity contribution in [1.29, 1.82) is 0 Å². The van der Waals surface area contributed by atoms with Crippen LogP contribution in [0.2, 0.25) is 5.02 Å². The molecule has 2 aliphatic heterocycles. The van der Waals surface area contributed by atoms with Crippen LogP contribution in [-0.4, -0.2) is 45.7 Å². The van der Waals surface area contributed by atoms with Crippen LogP contribution in [0.1, 0.15) is 42.6 Å². The summed E-state index contributed by atoms with van der Waals surface area (Å²) in [6.45, 7) is 2.88. The maximum absolute atomic E-state index is 13.4. The first-order valence-corrected chi connectivity index (χ1v) is 10.9. The number of fused-ring (bicyclic) bond motifs is 4. The van der Waals surface area contributed by atoms with Crippen molar-refractivity contribution in [3.63, 3.8) is 0 Å². The summed E-state index contributed by atoms with van der Waals surface area (Å²) in [5, 5.41) is 1.77. The van der Waals surface area contributed by atoms with Crippen molar-refractivity contribution in [3.8, 4) is 0 Å². The first kappa shape index (κ1) is 19.2. The van der Waals surface area contributed by atoms with Crippen molar-refractivity contribution in [2.75, 3.05) is 13.1 Å². The maximum Gasteiger partial charge on any atom is 0.246 e. The van der Waals surface area contributed by atoms with E-state index in [0.717, 1.165) is 40.6 Å². The highest BCUT2D eigenvalue weighted by Gasteiger charge is 2.47. The Labute approximate surface area is 180 Å². The van der Waals surface area contributed by atoms with Crippen molar-refractivity contribution in [1.82, 2.24) is 14.8 Å². The SMILES string of the molecule is CCCCN1CC(=O)N2C(c3ccc(Cl)cc3)c3[nH]c4ccccc4c3C[C@@H]2C1=O. The zero-order valence-corrected chi connectivity index (χ0v) is 17.7. The maximum atomic E-state index is 13.4. The van der Waals surface area contributed by atoms with E-state index in [9.17, 15) is 9.59 Å². The molecule has 5 nitrogen and oxygen atoms in total. The van der Waals surface area contributed by atoms with E-state index < -0.39 is 6.04 Å². The minimum Gasteiger partial charge on any atom is -0.356 e. The average molecular weight is 422 g/mol. The summed E-state index contributed by atoms with van der Waals surface area (Å²) in [4.78, 5) is 33.8. The van der Waals surface area contributed by atoms with Crippen LogP contribution in [0.5, 0.6) is 0 Å². The van der Waals surface area contributed by atoms with Crippen LogP contribution in [0.4, 0.5) is 0 Å². The molecule has 3 heterocycles. The fraction of sp³-hybridized carbons (Fsp3) is 0.333. The van der Waals surface area contributed by atoms with E-state index in [0.29, 0.717) is 18.0 Å². The summed E-state index contributed by atoms with van der Waals surface area (Å²) >= 11 is 6.12. The minimum absolute atomic E-state index is 0.0000378. The van der Waals surface area contributed by atoms with Crippen LogP contribution >= 0.6 is 11.6 Å². The smallest absolute Gasteiger partial charge is 0.246 e. The van der Waals surface area contributed by atoms with Gasteiger partial charge in [0, 0.05) is 34.6 Å². The third-order valence-corrected chi connectivity index (χ3v) is 6.56. The Morgan fingerprint density at radius 1 is 1.10 bits per heavy atom. The number of benzene rings is 2. The van der Waals surface area contributed by atoms with Crippen LogP contribution in [0.3, 0.4) is 0 Å². The molecule has 1 unspecified atom stereocenters. The van der Waals surface area contributed by atoms with Gasteiger partial charge in [0.15, 0.2) is 0 Å². The number of halogens is 1. The van der Waals surface area contributed by atoms with Crippen molar-refractivity contribution < 1.29 is 9.59 Å². The van der Waals surface area contributed by atoms with Crippen LogP contribution < -0.4 is 0 Å². The molecule has 3 aromatic rings. The second-order valence-electron chi connectivity index (χ2n) is 8.15. The Morgan fingerprint density at radius 3 is 2.63 bits per heavy atom. The molecule has 1 N–H and O–H groups in total. The molecule has 0 aliphatic carbocycles. The highest BCUT2D eigenvalue weighted by atomic mass is 35.5. The fourth-order valence-electron chi connectivity index (χ4n) is 4.85. The van der Waals surface area contributed by atoms with E-state index >= 15 is 0 Å². The number of amides is 2. The van der Waals surface area contributed by atoms with Crippen LogP contribution in [-0.2, 0) is 16.0 Å². The van der Waals surface area contributed by atoms with Gasteiger partial charge in [0.2, 0.25) is 11.8 Å². The normalized spacial score (nSPS) is 21.1. The Bertz CT molecular complexity index is 1120. The predicted octanol–water partition coefficient (Wildman–Crippen LogP) is 4.31. The average Bonchev–Trinajstić information content (AvgIpc) is 3.13. The first-order chi connectivity index (χ1) is 14.6. The van der Waals surface area contributed by atoms with Gasteiger partial charge >= 0.3 is 0 Å². The van der Waals surface area contributed by atoms with Gasteiger partial charge in [0.1, 0.15) is 6.04 Å². The third-order valence-electron chi connectivity index (χ3n) is 6.31. The molecule has 2 atom stereocenters. The molecule has 0 radical (unpaired) electrons. The molecule has 2 amide bonds. The number of piperazine rings is 1. The largest absolute Gasteiger partial charge is 0.356 e. The Morgan fingerprint density at radius 2 is 1.87 bits per heavy atom. The lowest BCUT2D eigenvalue weighted by atomic mass is 9.86. The number of aromatic amines is 1. The second kappa shape index (κ2) is 7.47. The summed E-state index contributed by atoms with van der Waals surface area (Å²) in [5.41, 5.74) is 4.12. The number of para-hydroxylation sites is 1. The van der Waals surface area contributed by atoms with E-state index in [1.807, 2.05) is 42.5 Å². The summed E-state index contributed by atoms with van der Waals surface area (Å²) in [7, 11) is 0. The molecular weight excluding hydrogens is 398 g/mol. The molecule has 2 aliphatic rings. The number of H-pyrrole nitrogens is 1. The minimum atomic E-state index is -0.476. The molecule has 6 heteroatoms. The molecule has 30 heavy (non-hydrogen) atoms. The molecule has 0 saturated carbocycles. The molecular formula is C24H24ClN3O2. The number of carbonyl (C=O) groups is 2. The van der Waals surface area contributed by atoms with Gasteiger partial charge < -0.3 is 14.8 Å². The van der Waals surface area contributed by atoms with Gasteiger partial charge in [-0.3, -0.25) is 9.59 Å². The van der Waals surface area contributed by atoms with Crippen LogP contribution in [0.15, 0.2) is 48.5 Å². The van der Waals surface area contributed by atoms with Crippen molar-refractivity contribution in [2.24, 2.45) is 0 Å². The molecule has 154 valence electrons. The zero-order chi connectivity index (χ0) is 20.8. The molecule has 5 rings (SSSR count). The number of aromatic nitrogens is 1. The molecule has 0 spiro atoms.